The molecule has 0 aromatic carbocycles. The molecule has 1 saturated heterocycles. The van der Waals surface area contributed by atoms with Crippen LogP contribution in [0.15, 0.2) is 12.4 Å². The van der Waals surface area contributed by atoms with Crippen molar-refractivity contribution in [2.75, 3.05) is 13.1 Å². The number of hydrogen-bond acceptors (Lipinski definition) is 3. The van der Waals surface area contributed by atoms with E-state index >= 15 is 0 Å². The quantitative estimate of drug-likeness (QED) is 0.893. The summed E-state index contributed by atoms with van der Waals surface area (Å²) < 4.78 is 1.70. The molecule has 1 aliphatic carbocycles. The number of amides is 1. The Bertz CT molecular complexity index is 536. The van der Waals surface area contributed by atoms with E-state index in [9.17, 15) is 14.7 Å². The van der Waals surface area contributed by atoms with Crippen molar-refractivity contribution in [1.82, 2.24) is 14.7 Å². The van der Waals surface area contributed by atoms with Crippen molar-refractivity contribution < 1.29 is 14.7 Å². The Kier molecular flexibility index (Phi) is 3.23. The summed E-state index contributed by atoms with van der Waals surface area (Å²) >= 11 is 0. The number of aryl methyl sites for hydroxylation is 1. The van der Waals surface area contributed by atoms with Crippen LogP contribution in [0.5, 0.6) is 0 Å². The first kappa shape index (κ1) is 13.1. The molecule has 0 bridgehead atoms. The minimum absolute atomic E-state index is 0.0981. The van der Waals surface area contributed by atoms with Gasteiger partial charge in [0.15, 0.2) is 0 Å². The number of hydrogen-bond donors (Lipinski definition) is 1. The third-order valence-electron chi connectivity index (χ3n) is 4.40. The van der Waals surface area contributed by atoms with Gasteiger partial charge in [-0.1, -0.05) is 0 Å². The van der Waals surface area contributed by atoms with Crippen molar-refractivity contribution in [1.29, 1.82) is 0 Å². The zero-order valence-electron chi connectivity index (χ0n) is 11.5. The maximum absolute atomic E-state index is 12.4. The molecule has 2 fully saturated rings. The summed E-state index contributed by atoms with van der Waals surface area (Å²) in [4.78, 5) is 25.4. The summed E-state index contributed by atoms with van der Waals surface area (Å²) in [6.45, 7) is 3.57. The lowest BCUT2D eigenvalue weighted by Gasteiger charge is -2.14. The molecule has 0 unspecified atom stereocenters. The number of rotatable bonds is 4. The molecule has 20 heavy (non-hydrogen) atoms. The van der Waals surface area contributed by atoms with Crippen LogP contribution in [0, 0.1) is 17.8 Å². The second-order valence-electron chi connectivity index (χ2n) is 5.74. The van der Waals surface area contributed by atoms with E-state index in [1.54, 1.807) is 22.0 Å². The van der Waals surface area contributed by atoms with E-state index in [1.165, 1.54) is 0 Å². The summed E-state index contributed by atoms with van der Waals surface area (Å²) in [5.41, 5.74) is 0.549. The predicted octanol–water partition coefficient (Wildman–Crippen LogP) is 1.09. The van der Waals surface area contributed by atoms with Gasteiger partial charge in [0.25, 0.3) is 5.91 Å². The molecule has 108 valence electrons. The highest BCUT2D eigenvalue weighted by Crippen LogP contribution is 2.44. The normalized spacial score (nSPS) is 25.9. The van der Waals surface area contributed by atoms with Crippen molar-refractivity contribution >= 4 is 11.9 Å². The van der Waals surface area contributed by atoms with Gasteiger partial charge in [-0.25, -0.2) is 0 Å². The number of carboxylic acids is 1. The summed E-state index contributed by atoms with van der Waals surface area (Å²) in [7, 11) is 0. The SMILES string of the molecule is CCn1cc(C(=O)N2C[C@H](C(=O)O)[C@@H](C3CC3)C2)cn1. The van der Waals surface area contributed by atoms with Gasteiger partial charge in [-0.05, 0) is 31.6 Å². The second kappa shape index (κ2) is 4.92. The van der Waals surface area contributed by atoms with E-state index in [2.05, 4.69) is 5.10 Å². The van der Waals surface area contributed by atoms with E-state index in [0.717, 1.165) is 19.4 Å². The Morgan fingerprint density at radius 3 is 2.70 bits per heavy atom. The molecule has 1 aromatic heterocycles. The number of likely N-dealkylation sites (tertiary alicyclic amines) is 1. The van der Waals surface area contributed by atoms with Crippen LogP contribution in [0.3, 0.4) is 0 Å². The molecule has 1 amide bonds. The molecule has 6 heteroatoms. The first-order valence-corrected chi connectivity index (χ1v) is 7.14. The van der Waals surface area contributed by atoms with Crippen LogP contribution in [0.25, 0.3) is 0 Å². The lowest BCUT2D eigenvalue weighted by molar-refractivity contribution is -0.142. The summed E-state index contributed by atoms with van der Waals surface area (Å²) in [5, 5.41) is 13.4. The molecule has 6 nitrogen and oxygen atoms in total. The highest BCUT2D eigenvalue weighted by Gasteiger charge is 2.47. The molecule has 1 N–H and O–H groups in total. The molecule has 2 aliphatic rings. The van der Waals surface area contributed by atoms with Crippen LogP contribution < -0.4 is 0 Å². The summed E-state index contributed by atoms with van der Waals surface area (Å²) in [6, 6.07) is 0. The van der Waals surface area contributed by atoms with Crippen LogP contribution in [-0.2, 0) is 11.3 Å². The number of aromatic nitrogens is 2. The van der Waals surface area contributed by atoms with Gasteiger partial charge in [-0.2, -0.15) is 5.10 Å². The molecule has 3 rings (SSSR count). The average Bonchev–Trinajstić information content (AvgIpc) is 3.02. The largest absolute Gasteiger partial charge is 0.481 e. The van der Waals surface area contributed by atoms with Gasteiger partial charge in [0.05, 0.1) is 17.7 Å². The fourth-order valence-electron chi connectivity index (χ4n) is 3.09. The highest BCUT2D eigenvalue weighted by atomic mass is 16.4. The Balaban J connectivity index is 1.74. The summed E-state index contributed by atoms with van der Waals surface area (Å²) in [6.07, 6.45) is 5.49. The first-order valence-electron chi connectivity index (χ1n) is 7.14. The van der Waals surface area contributed by atoms with Crippen molar-refractivity contribution in [3.05, 3.63) is 18.0 Å². The molecular formula is C14H19N3O3. The van der Waals surface area contributed by atoms with E-state index in [0.29, 0.717) is 24.6 Å². The number of aliphatic carboxylic acids is 1. The van der Waals surface area contributed by atoms with Crippen LogP contribution in [0.2, 0.25) is 0 Å². The van der Waals surface area contributed by atoms with E-state index in [4.69, 9.17) is 0 Å². The Hall–Kier alpha value is -1.85. The zero-order valence-corrected chi connectivity index (χ0v) is 11.5. The second-order valence-corrected chi connectivity index (χ2v) is 5.74. The number of nitrogens with zero attached hydrogens (tertiary/aromatic N) is 3. The molecule has 1 aliphatic heterocycles. The van der Waals surface area contributed by atoms with Gasteiger partial charge >= 0.3 is 5.97 Å². The van der Waals surface area contributed by atoms with Crippen molar-refractivity contribution in [3.8, 4) is 0 Å². The van der Waals surface area contributed by atoms with Gasteiger partial charge < -0.3 is 10.0 Å². The van der Waals surface area contributed by atoms with Crippen LogP contribution in [0.4, 0.5) is 0 Å². The maximum atomic E-state index is 12.4. The highest BCUT2D eigenvalue weighted by molar-refractivity contribution is 5.94. The Labute approximate surface area is 117 Å². The number of carbonyl (C=O) groups is 2. The van der Waals surface area contributed by atoms with E-state index < -0.39 is 11.9 Å². The van der Waals surface area contributed by atoms with Gasteiger partial charge in [-0.3, -0.25) is 14.3 Å². The molecular weight excluding hydrogens is 258 g/mol. The molecule has 0 spiro atoms. The van der Waals surface area contributed by atoms with Gasteiger partial charge in [0.1, 0.15) is 0 Å². The van der Waals surface area contributed by atoms with E-state index in [1.807, 2.05) is 6.92 Å². The van der Waals surface area contributed by atoms with Crippen molar-refractivity contribution in [2.45, 2.75) is 26.3 Å². The Morgan fingerprint density at radius 2 is 2.15 bits per heavy atom. The molecule has 2 heterocycles. The molecule has 1 aromatic rings. The first-order chi connectivity index (χ1) is 9.60. The fourth-order valence-corrected chi connectivity index (χ4v) is 3.09. The van der Waals surface area contributed by atoms with Gasteiger partial charge in [-0.15, -0.1) is 0 Å². The monoisotopic (exact) mass is 277 g/mol. The molecule has 2 atom stereocenters. The lowest BCUT2D eigenvalue weighted by Crippen LogP contribution is -2.29. The predicted molar refractivity (Wildman–Crippen MR) is 71.1 cm³/mol. The van der Waals surface area contributed by atoms with Crippen molar-refractivity contribution in [3.63, 3.8) is 0 Å². The summed E-state index contributed by atoms with van der Waals surface area (Å²) in [5.74, 6) is -0.668. The minimum atomic E-state index is -0.776. The average molecular weight is 277 g/mol. The molecule has 1 saturated carbocycles. The number of carbonyl (C=O) groups excluding carboxylic acids is 1. The zero-order chi connectivity index (χ0) is 14.3. The van der Waals surface area contributed by atoms with Crippen LogP contribution >= 0.6 is 0 Å². The third kappa shape index (κ3) is 2.30. The third-order valence-corrected chi connectivity index (χ3v) is 4.40. The van der Waals surface area contributed by atoms with Crippen molar-refractivity contribution in [2.24, 2.45) is 17.8 Å². The fraction of sp³-hybridized carbons (Fsp3) is 0.643. The van der Waals surface area contributed by atoms with Crippen LogP contribution in [0.1, 0.15) is 30.1 Å². The van der Waals surface area contributed by atoms with E-state index in [-0.39, 0.29) is 11.8 Å². The smallest absolute Gasteiger partial charge is 0.308 e. The lowest BCUT2D eigenvalue weighted by atomic mass is 9.92. The van der Waals surface area contributed by atoms with Crippen LogP contribution in [-0.4, -0.2) is 44.8 Å². The minimum Gasteiger partial charge on any atom is -0.481 e. The number of carboxylic acid groups (broad SMARTS) is 1. The van der Waals surface area contributed by atoms with Gasteiger partial charge in [0, 0.05) is 25.8 Å². The Morgan fingerprint density at radius 1 is 1.40 bits per heavy atom. The maximum Gasteiger partial charge on any atom is 0.308 e. The molecule has 0 radical (unpaired) electrons. The van der Waals surface area contributed by atoms with Gasteiger partial charge in [0.2, 0.25) is 0 Å². The topological polar surface area (TPSA) is 75.4 Å². The standard InChI is InChI=1S/C14H19N3O3/c1-2-17-6-10(5-15-17)13(18)16-7-11(9-3-4-9)12(8-16)14(19)20/h5-6,9,11-12H,2-4,7-8H2,1H3,(H,19,20)/t11-,12+/m1/s1.